The number of carbonyl (C=O) groups excluding carboxylic acids is 4. The molecule has 220 valence electrons. The fraction of sp³-hybridized carbons (Fsp3) is 0.462. The smallest absolute Gasteiger partial charge is 0.407 e. The number of benzene rings is 1. The Morgan fingerprint density at radius 3 is 1.85 bits per heavy atom. The first kappa shape index (κ1) is 32.7. The highest BCUT2D eigenvalue weighted by Gasteiger charge is 2.30. The zero-order valence-electron chi connectivity index (χ0n) is 23.3. The average molecular weight is 597 g/mol. The van der Waals surface area contributed by atoms with Crippen molar-refractivity contribution in [2.75, 3.05) is 19.6 Å². The number of sulfonamides is 1. The van der Waals surface area contributed by atoms with Crippen LogP contribution in [0.25, 0.3) is 0 Å². The summed E-state index contributed by atoms with van der Waals surface area (Å²) in [5.74, 6) is -1.92. The summed E-state index contributed by atoms with van der Waals surface area (Å²) in [5.41, 5.74) is -1.53. The molecule has 0 aliphatic heterocycles. The van der Waals surface area contributed by atoms with Gasteiger partial charge in [0.05, 0.1) is 14.6 Å². The minimum absolute atomic E-state index is 0.0508. The molecule has 0 fully saturated rings. The van der Waals surface area contributed by atoms with Gasteiger partial charge in [-0.15, -0.1) is 11.3 Å². The van der Waals surface area contributed by atoms with E-state index in [9.17, 15) is 27.6 Å². The van der Waals surface area contributed by atoms with E-state index in [4.69, 9.17) is 9.47 Å². The van der Waals surface area contributed by atoms with Gasteiger partial charge in [-0.2, -0.15) is 4.72 Å². The molecule has 14 heteroatoms. The number of amides is 3. The van der Waals surface area contributed by atoms with E-state index >= 15 is 0 Å². The van der Waals surface area contributed by atoms with E-state index in [1.54, 1.807) is 59.7 Å². The van der Waals surface area contributed by atoms with Crippen LogP contribution in [0.3, 0.4) is 0 Å². The summed E-state index contributed by atoms with van der Waals surface area (Å²) in [7, 11) is -4.09. The van der Waals surface area contributed by atoms with Crippen LogP contribution < -0.4 is 20.7 Å². The summed E-state index contributed by atoms with van der Waals surface area (Å²) in [5, 5.41) is 7.68. The van der Waals surface area contributed by atoms with Crippen LogP contribution in [0.15, 0.2) is 47.4 Å². The van der Waals surface area contributed by atoms with Crippen LogP contribution in [-0.4, -0.2) is 69.2 Å². The van der Waals surface area contributed by atoms with E-state index in [-0.39, 0.29) is 27.7 Å². The Labute approximate surface area is 238 Å². The first-order valence-electron chi connectivity index (χ1n) is 12.4. The first-order valence-corrected chi connectivity index (χ1v) is 14.7. The topological polar surface area (TPSA) is 169 Å². The molecule has 0 saturated heterocycles. The predicted octanol–water partition coefficient (Wildman–Crippen LogP) is 2.42. The van der Waals surface area contributed by atoms with Crippen LogP contribution in [0, 0.1) is 0 Å². The quantitative estimate of drug-likeness (QED) is 0.226. The Bertz CT molecular complexity index is 1300. The molecule has 1 aromatic carbocycles. The second kappa shape index (κ2) is 13.7. The maximum Gasteiger partial charge on any atom is 0.407 e. The molecule has 0 aliphatic rings. The Balaban J connectivity index is 1.98. The fourth-order valence-corrected chi connectivity index (χ4v) is 5.05. The van der Waals surface area contributed by atoms with Gasteiger partial charge in [-0.3, -0.25) is 14.4 Å². The molecular formula is C26H36N4O8S2. The molecule has 0 radical (unpaired) electrons. The Kier molecular flexibility index (Phi) is 11.2. The molecule has 0 bridgehead atoms. The first-order chi connectivity index (χ1) is 18.5. The normalized spacial score (nSPS) is 12.7. The predicted molar refractivity (Wildman–Crippen MR) is 150 cm³/mol. The third-order valence-corrected chi connectivity index (χ3v) is 7.21. The number of esters is 1. The summed E-state index contributed by atoms with van der Waals surface area (Å²) in [4.78, 5) is 50.0. The van der Waals surface area contributed by atoms with Gasteiger partial charge in [0.15, 0.2) is 0 Å². The van der Waals surface area contributed by atoms with Gasteiger partial charge in [0.1, 0.15) is 17.2 Å². The number of thiophene rings is 1. The van der Waals surface area contributed by atoms with Crippen molar-refractivity contribution in [3.63, 3.8) is 0 Å². The van der Waals surface area contributed by atoms with Crippen molar-refractivity contribution in [3.8, 4) is 0 Å². The Hall–Kier alpha value is -3.49. The van der Waals surface area contributed by atoms with Gasteiger partial charge >= 0.3 is 12.1 Å². The fourth-order valence-electron chi connectivity index (χ4n) is 3.01. The lowest BCUT2D eigenvalue weighted by molar-refractivity contribution is -0.156. The largest absolute Gasteiger partial charge is 0.459 e. The molecule has 2 rings (SSSR count). The minimum Gasteiger partial charge on any atom is -0.459 e. The molecular weight excluding hydrogens is 560 g/mol. The minimum atomic E-state index is -4.09. The number of hydrogen-bond acceptors (Lipinski definition) is 9. The van der Waals surface area contributed by atoms with Crippen molar-refractivity contribution >= 4 is 45.2 Å². The van der Waals surface area contributed by atoms with Gasteiger partial charge in [-0.1, -0.05) is 18.2 Å². The van der Waals surface area contributed by atoms with E-state index in [0.29, 0.717) is 0 Å². The SMILES string of the molecule is CC(C)(C)OC(=O)NCCNC(=O)c1ccc(C(=O)NCC(NS(=O)(=O)c2ccccc2)C(=O)OC(C)(C)C)s1. The van der Waals surface area contributed by atoms with E-state index in [1.165, 1.54) is 24.3 Å². The molecule has 1 heterocycles. The zero-order chi connectivity index (χ0) is 30.1. The lowest BCUT2D eigenvalue weighted by Gasteiger charge is -2.24. The summed E-state index contributed by atoms with van der Waals surface area (Å²) >= 11 is 0.910. The van der Waals surface area contributed by atoms with Crippen molar-refractivity contribution in [2.24, 2.45) is 0 Å². The van der Waals surface area contributed by atoms with E-state index in [1.807, 2.05) is 0 Å². The summed E-state index contributed by atoms with van der Waals surface area (Å²) in [6, 6.07) is 8.97. The third-order valence-electron chi connectivity index (χ3n) is 4.64. The van der Waals surface area contributed by atoms with Gasteiger partial charge in [-0.25, -0.2) is 13.2 Å². The third kappa shape index (κ3) is 11.3. The number of carbonyl (C=O) groups is 4. The molecule has 1 aromatic heterocycles. The second-order valence-electron chi connectivity index (χ2n) is 10.6. The van der Waals surface area contributed by atoms with Gasteiger partial charge in [0, 0.05) is 19.6 Å². The van der Waals surface area contributed by atoms with Crippen molar-refractivity contribution in [1.82, 2.24) is 20.7 Å². The van der Waals surface area contributed by atoms with Crippen LogP contribution in [0.5, 0.6) is 0 Å². The number of hydrogen-bond donors (Lipinski definition) is 4. The number of ether oxygens (including phenoxy) is 2. The molecule has 0 saturated carbocycles. The second-order valence-corrected chi connectivity index (χ2v) is 13.4. The number of nitrogens with one attached hydrogen (secondary N) is 4. The lowest BCUT2D eigenvalue weighted by atomic mass is 10.2. The molecule has 1 atom stereocenters. The molecule has 3 amide bonds. The molecule has 1 unspecified atom stereocenters. The lowest BCUT2D eigenvalue weighted by Crippen LogP contribution is -2.50. The Morgan fingerprint density at radius 2 is 1.30 bits per heavy atom. The van der Waals surface area contributed by atoms with Crippen LogP contribution in [0.4, 0.5) is 4.79 Å². The molecule has 4 N–H and O–H groups in total. The van der Waals surface area contributed by atoms with Crippen molar-refractivity contribution in [3.05, 3.63) is 52.2 Å². The maximum atomic E-state index is 12.8. The summed E-state index contributed by atoms with van der Waals surface area (Å²) < 4.78 is 38.4. The van der Waals surface area contributed by atoms with E-state index in [0.717, 1.165) is 11.3 Å². The molecule has 0 spiro atoms. The van der Waals surface area contributed by atoms with Gasteiger partial charge in [0.25, 0.3) is 11.8 Å². The van der Waals surface area contributed by atoms with Gasteiger partial charge in [0.2, 0.25) is 10.0 Å². The summed E-state index contributed by atoms with van der Waals surface area (Å²) in [6.07, 6.45) is -0.604. The van der Waals surface area contributed by atoms with Crippen LogP contribution in [0.1, 0.15) is 60.9 Å². The Morgan fingerprint density at radius 1 is 0.775 bits per heavy atom. The highest BCUT2D eigenvalue weighted by molar-refractivity contribution is 7.89. The standard InChI is InChI=1S/C26H36N4O8S2/c1-25(2,3)37-23(33)18(30-40(35,36)17-10-8-7-9-11-17)16-29-22(32)20-13-12-19(39-20)21(31)27-14-15-28-24(34)38-26(4,5)6/h7-13,18,30H,14-16H2,1-6H3,(H,27,31)(H,28,34)(H,29,32). The van der Waals surface area contributed by atoms with E-state index < -0.39 is 57.7 Å². The number of alkyl carbamates (subject to hydrolysis) is 1. The van der Waals surface area contributed by atoms with Crippen molar-refractivity contribution in [2.45, 2.75) is 63.7 Å². The van der Waals surface area contributed by atoms with Crippen LogP contribution in [0.2, 0.25) is 0 Å². The highest BCUT2D eigenvalue weighted by atomic mass is 32.2. The molecule has 2 aromatic rings. The monoisotopic (exact) mass is 596 g/mol. The van der Waals surface area contributed by atoms with Crippen molar-refractivity contribution in [1.29, 1.82) is 0 Å². The van der Waals surface area contributed by atoms with Crippen molar-refractivity contribution < 1.29 is 37.1 Å². The zero-order valence-corrected chi connectivity index (χ0v) is 25.0. The average Bonchev–Trinajstić information content (AvgIpc) is 3.33. The van der Waals surface area contributed by atoms with E-state index in [2.05, 4.69) is 20.7 Å². The number of rotatable bonds is 11. The summed E-state index contributed by atoms with van der Waals surface area (Å²) in [6.45, 7) is 10.0. The molecule has 0 aliphatic carbocycles. The maximum absolute atomic E-state index is 12.8. The molecule has 12 nitrogen and oxygen atoms in total. The van der Waals surface area contributed by atoms with Crippen LogP contribution in [-0.2, 0) is 24.3 Å². The highest BCUT2D eigenvalue weighted by Crippen LogP contribution is 2.17. The van der Waals surface area contributed by atoms with Gasteiger partial charge in [-0.05, 0) is 65.8 Å². The van der Waals surface area contributed by atoms with Crippen LogP contribution >= 0.6 is 11.3 Å². The molecule has 40 heavy (non-hydrogen) atoms. The van der Waals surface area contributed by atoms with Gasteiger partial charge < -0.3 is 25.4 Å².